The second-order valence-electron chi connectivity index (χ2n) is 10.9. The van der Waals surface area contributed by atoms with Crippen molar-refractivity contribution in [2.24, 2.45) is 34.5 Å². The summed E-state index contributed by atoms with van der Waals surface area (Å²) in [6.45, 7) is 7.19. The summed E-state index contributed by atoms with van der Waals surface area (Å²) in [6, 6.07) is 2.10. The standard InChI is InChI=1S/C23H35NO2/c1-21(25)11-12-22(2)15(14-21)4-5-16-17-6-7-19(20-9-13-24-26-20)23(17,3)10-8-18(16)22/h9,13,15-19,25H,4-8,10-12,14H2,1-3H3/t15-,16-,17-,18-,19?,21+,22-,23-/m0/s1. The van der Waals surface area contributed by atoms with Gasteiger partial charge in [0.05, 0.1) is 11.8 Å². The van der Waals surface area contributed by atoms with Crippen LogP contribution in [0.4, 0.5) is 0 Å². The van der Waals surface area contributed by atoms with Gasteiger partial charge in [0, 0.05) is 12.0 Å². The lowest BCUT2D eigenvalue weighted by Gasteiger charge is -2.61. The fourth-order valence-electron chi connectivity index (χ4n) is 8.30. The number of hydrogen-bond acceptors (Lipinski definition) is 3. The van der Waals surface area contributed by atoms with Crippen LogP contribution in [0, 0.1) is 34.5 Å². The van der Waals surface area contributed by atoms with E-state index in [1.165, 1.54) is 44.9 Å². The fraction of sp³-hybridized carbons (Fsp3) is 0.870. The highest BCUT2D eigenvalue weighted by Gasteiger charge is 2.61. The van der Waals surface area contributed by atoms with E-state index in [1.807, 2.05) is 6.20 Å². The Balaban J connectivity index is 1.43. The molecule has 4 aliphatic rings. The van der Waals surface area contributed by atoms with Crippen molar-refractivity contribution in [1.29, 1.82) is 0 Å². The lowest BCUT2D eigenvalue weighted by atomic mass is 9.44. The molecule has 8 atom stereocenters. The topological polar surface area (TPSA) is 46.3 Å². The summed E-state index contributed by atoms with van der Waals surface area (Å²) in [5.41, 5.74) is 0.422. The Bertz CT molecular complexity index is 668. The van der Waals surface area contributed by atoms with Crippen LogP contribution in [0.15, 0.2) is 16.8 Å². The molecule has 0 saturated heterocycles. The lowest BCUT2D eigenvalue weighted by molar-refractivity contribution is -0.144. The van der Waals surface area contributed by atoms with Gasteiger partial charge in [-0.05, 0) is 99.2 Å². The number of aromatic nitrogens is 1. The highest BCUT2D eigenvalue weighted by atomic mass is 16.5. The average Bonchev–Trinajstić information content (AvgIpc) is 3.22. The Hall–Kier alpha value is -0.830. The van der Waals surface area contributed by atoms with Gasteiger partial charge in [0.15, 0.2) is 0 Å². The monoisotopic (exact) mass is 357 g/mol. The number of hydrogen-bond donors (Lipinski definition) is 1. The molecule has 0 spiro atoms. The van der Waals surface area contributed by atoms with Crippen LogP contribution in [0.2, 0.25) is 0 Å². The van der Waals surface area contributed by atoms with Gasteiger partial charge < -0.3 is 9.63 Å². The van der Waals surface area contributed by atoms with Crippen LogP contribution in [-0.2, 0) is 0 Å². The van der Waals surface area contributed by atoms with Gasteiger partial charge in [-0.15, -0.1) is 0 Å². The molecule has 1 aromatic rings. The van der Waals surface area contributed by atoms with E-state index < -0.39 is 5.60 Å². The van der Waals surface area contributed by atoms with Gasteiger partial charge in [0.1, 0.15) is 5.76 Å². The Labute approximate surface area is 157 Å². The van der Waals surface area contributed by atoms with Crippen LogP contribution in [0.1, 0.15) is 90.2 Å². The molecule has 0 amide bonds. The molecule has 1 aromatic heterocycles. The molecule has 4 aliphatic carbocycles. The summed E-state index contributed by atoms with van der Waals surface area (Å²) in [5, 5.41) is 14.6. The maximum atomic E-state index is 10.6. The molecule has 1 N–H and O–H groups in total. The van der Waals surface area contributed by atoms with E-state index in [-0.39, 0.29) is 0 Å². The number of nitrogens with zero attached hydrogens (tertiary/aromatic N) is 1. The van der Waals surface area contributed by atoms with E-state index in [2.05, 4.69) is 32.0 Å². The molecule has 0 bridgehead atoms. The van der Waals surface area contributed by atoms with E-state index >= 15 is 0 Å². The summed E-state index contributed by atoms with van der Waals surface area (Å²) >= 11 is 0. The van der Waals surface area contributed by atoms with E-state index in [0.717, 1.165) is 42.3 Å². The molecule has 0 aliphatic heterocycles. The molecule has 4 saturated carbocycles. The maximum Gasteiger partial charge on any atom is 0.140 e. The third-order valence-corrected chi connectivity index (χ3v) is 9.75. The molecule has 144 valence electrons. The second kappa shape index (κ2) is 5.59. The Morgan fingerprint density at radius 3 is 2.54 bits per heavy atom. The van der Waals surface area contributed by atoms with E-state index in [9.17, 15) is 5.11 Å². The van der Waals surface area contributed by atoms with Crippen LogP contribution in [0.25, 0.3) is 0 Å². The van der Waals surface area contributed by atoms with Gasteiger partial charge in [0.25, 0.3) is 0 Å². The summed E-state index contributed by atoms with van der Waals surface area (Å²) < 4.78 is 5.62. The predicted molar refractivity (Wildman–Crippen MR) is 102 cm³/mol. The Kier molecular flexibility index (Phi) is 3.72. The molecule has 3 heteroatoms. The van der Waals surface area contributed by atoms with Crippen molar-refractivity contribution >= 4 is 0 Å². The first-order chi connectivity index (χ1) is 12.3. The lowest BCUT2D eigenvalue weighted by Crippen LogP contribution is -2.55. The molecule has 0 aromatic carbocycles. The zero-order valence-electron chi connectivity index (χ0n) is 16.7. The number of aliphatic hydroxyl groups is 1. The Morgan fingerprint density at radius 2 is 1.77 bits per heavy atom. The van der Waals surface area contributed by atoms with E-state index in [1.54, 1.807) is 0 Å². The summed E-state index contributed by atoms with van der Waals surface area (Å²) in [7, 11) is 0. The number of fused-ring (bicyclic) bond motifs is 5. The fourth-order valence-corrected chi connectivity index (χ4v) is 8.30. The van der Waals surface area contributed by atoms with Crippen molar-refractivity contribution < 1.29 is 9.63 Å². The van der Waals surface area contributed by atoms with Gasteiger partial charge in [-0.3, -0.25) is 0 Å². The molecular formula is C23H35NO2. The summed E-state index contributed by atoms with van der Waals surface area (Å²) in [5.74, 6) is 5.00. The van der Waals surface area contributed by atoms with Crippen LogP contribution >= 0.6 is 0 Å². The first-order valence-corrected chi connectivity index (χ1v) is 11.0. The van der Waals surface area contributed by atoms with Gasteiger partial charge in [0.2, 0.25) is 0 Å². The number of rotatable bonds is 1. The SMILES string of the molecule is C[C@@]1(O)CC[C@@]2(C)[C@@H](CC[C@@H]3[C@@H]2CC[C@]2(C)C(c4ccno4)CC[C@@H]32)C1. The van der Waals surface area contributed by atoms with Gasteiger partial charge in [-0.1, -0.05) is 19.0 Å². The largest absolute Gasteiger partial charge is 0.390 e. The first-order valence-electron chi connectivity index (χ1n) is 11.0. The molecule has 0 radical (unpaired) electrons. The van der Waals surface area contributed by atoms with Crippen LogP contribution in [0.5, 0.6) is 0 Å². The van der Waals surface area contributed by atoms with Crippen molar-refractivity contribution in [3.63, 3.8) is 0 Å². The van der Waals surface area contributed by atoms with Crippen LogP contribution in [-0.4, -0.2) is 15.9 Å². The first kappa shape index (κ1) is 17.3. The van der Waals surface area contributed by atoms with Gasteiger partial charge in [-0.2, -0.15) is 0 Å². The maximum absolute atomic E-state index is 10.6. The molecule has 1 heterocycles. The molecule has 5 rings (SSSR count). The predicted octanol–water partition coefficient (Wildman–Crippen LogP) is 5.55. The minimum Gasteiger partial charge on any atom is -0.390 e. The molecule has 4 fully saturated rings. The zero-order valence-corrected chi connectivity index (χ0v) is 16.7. The molecular weight excluding hydrogens is 322 g/mol. The second-order valence-corrected chi connectivity index (χ2v) is 10.9. The van der Waals surface area contributed by atoms with Crippen molar-refractivity contribution in [2.45, 2.75) is 90.1 Å². The van der Waals surface area contributed by atoms with Gasteiger partial charge in [-0.25, -0.2) is 0 Å². The minimum atomic E-state index is -0.426. The molecule has 1 unspecified atom stereocenters. The minimum absolute atomic E-state index is 0.393. The summed E-state index contributed by atoms with van der Waals surface area (Å²) in [4.78, 5) is 0. The van der Waals surface area contributed by atoms with Crippen molar-refractivity contribution in [3.05, 3.63) is 18.0 Å². The normalized spacial score (nSPS) is 53.6. The molecule has 26 heavy (non-hydrogen) atoms. The zero-order chi connectivity index (χ0) is 18.2. The summed E-state index contributed by atoms with van der Waals surface area (Å²) in [6.07, 6.45) is 13.1. The van der Waals surface area contributed by atoms with Crippen molar-refractivity contribution in [1.82, 2.24) is 5.16 Å². The van der Waals surface area contributed by atoms with E-state index in [0.29, 0.717) is 16.7 Å². The third-order valence-electron chi connectivity index (χ3n) is 9.75. The molecule has 3 nitrogen and oxygen atoms in total. The quantitative estimate of drug-likeness (QED) is 0.716. The smallest absolute Gasteiger partial charge is 0.140 e. The highest BCUT2D eigenvalue weighted by molar-refractivity contribution is 5.17. The third kappa shape index (κ3) is 2.31. The Morgan fingerprint density at radius 1 is 0.962 bits per heavy atom. The van der Waals surface area contributed by atoms with Crippen molar-refractivity contribution in [2.75, 3.05) is 0 Å². The van der Waals surface area contributed by atoms with Crippen LogP contribution in [0.3, 0.4) is 0 Å². The average molecular weight is 358 g/mol. The van der Waals surface area contributed by atoms with Gasteiger partial charge >= 0.3 is 0 Å². The van der Waals surface area contributed by atoms with Crippen molar-refractivity contribution in [3.8, 4) is 0 Å². The van der Waals surface area contributed by atoms with E-state index in [4.69, 9.17) is 4.52 Å². The highest BCUT2D eigenvalue weighted by Crippen LogP contribution is 2.69. The van der Waals surface area contributed by atoms with Crippen LogP contribution < -0.4 is 0 Å².